The molecule has 1 aromatic rings. The summed E-state index contributed by atoms with van der Waals surface area (Å²) in [5.41, 5.74) is 0.768. The van der Waals surface area contributed by atoms with Gasteiger partial charge >= 0.3 is 5.97 Å². The van der Waals surface area contributed by atoms with E-state index in [1.165, 1.54) is 11.3 Å². The number of nitrogens with one attached hydrogen (secondary N) is 2. The molecule has 0 saturated heterocycles. The molecule has 0 aromatic carbocycles. The van der Waals surface area contributed by atoms with Crippen molar-refractivity contribution in [2.45, 2.75) is 45.6 Å². The molecule has 0 saturated carbocycles. The van der Waals surface area contributed by atoms with Crippen molar-refractivity contribution in [1.82, 2.24) is 10.3 Å². The first kappa shape index (κ1) is 16.4. The molecule has 0 aliphatic heterocycles. The molecule has 1 rings (SSSR count). The fraction of sp³-hybridized carbons (Fsp3) is 0.615. The maximum Gasteiger partial charge on any atom is 0.303 e. The van der Waals surface area contributed by atoms with Gasteiger partial charge in [-0.15, -0.1) is 11.3 Å². The molecule has 1 unspecified atom stereocenters. The van der Waals surface area contributed by atoms with Gasteiger partial charge in [0.25, 0.3) is 0 Å². The van der Waals surface area contributed by atoms with Gasteiger partial charge in [-0.05, 0) is 13.3 Å². The van der Waals surface area contributed by atoms with Crippen LogP contribution in [0.3, 0.4) is 0 Å². The van der Waals surface area contributed by atoms with E-state index in [-0.39, 0.29) is 18.4 Å². The molecule has 1 heterocycles. The van der Waals surface area contributed by atoms with Crippen LogP contribution in [0.5, 0.6) is 0 Å². The number of aliphatic carboxylic acids is 1. The Balaban J connectivity index is 2.25. The van der Waals surface area contributed by atoms with E-state index in [2.05, 4.69) is 15.6 Å². The molecule has 0 bridgehead atoms. The lowest BCUT2D eigenvalue weighted by Crippen LogP contribution is -2.32. The van der Waals surface area contributed by atoms with Gasteiger partial charge in [0.2, 0.25) is 5.91 Å². The first-order valence-electron chi connectivity index (χ1n) is 6.70. The highest BCUT2D eigenvalue weighted by molar-refractivity contribution is 7.13. The lowest BCUT2D eigenvalue weighted by molar-refractivity contribution is -0.137. The number of carboxylic acid groups (broad SMARTS) is 1. The van der Waals surface area contributed by atoms with Crippen molar-refractivity contribution < 1.29 is 14.7 Å². The number of carbonyl (C=O) groups is 2. The predicted molar refractivity (Wildman–Crippen MR) is 79.1 cm³/mol. The summed E-state index contributed by atoms with van der Waals surface area (Å²) in [5.74, 6) is -0.802. The van der Waals surface area contributed by atoms with E-state index < -0.39 is 5.97 Å². The Kier molecular flexibility index (Phi) is 7.00. The SMILES string of the molecule is CCC(C)NC(=O)CCNc1nc(CCC(=O)O)cs1. The number of carbonyl (C=O) groups excluding carboxylic acids is 1. The number of anilines is 1. The van der Waals surface area contributed by atoms with Crippen LogP contribution in [0.1, 0.15) is 38.8 Å². The second-order valence-electron chi connectivity index (χ2n) is 4.59. The number of aromatic nitrogens is 1. The Bertz CT molecular complexity index is 448. The van der Waals surface area contributed by atoms with Gasteiger partial charge in [-0.2, -0.15) is 0 Å². The Morgan fingerprint density at radius 2 is 2.20 bits per heavy atom. The largest absolute Gasteiger partial charge is 0.481 e. The first-order valence-corrected chi connectivity index (χ1v) is 7.58. The third kappa shape index (κ3) is 6.51. The molecule has 1 aromatic heterocycles. The normalized spacial score (nSPS) is 11.9. The molecule has 6 nitrogen and oxygen atoms in total. The van der Waals surface area contributed by atoms with Crippen LogP contribution in [0.25, 0.3) is 0 Å². The summed E-state index contributed by atoms with van der Waals surface area (Å²) < 4.78 is 0. The van der Waals surface area contributed by atoms with E-state index in [4.69, 9.17) is 5.11 Å². The van der Waals surface area contributed by atoms with Gasteiger partial charge in [-0.1, -0.05) is 6.92 Å². The summed E-state index contributed by atoms with van der Waals surface area (Å²) in [6.45, 7) is 4.52. The average Bonchev–Trinajstić information content (AvgIpc) is 2.84. The molecule has 112 valence electrons. The Morgan fingerprint density at radius 3 is 2.85 bits per heavy atom. The second-order valence-corrected chi connectivity index (χ2v) is 5.45. The monoisotopic (exact) mass is 299 g/mol. The van der Waals surface area contributed by atoms with E-state index in [0.29, 0.717) is 19.4 Å². The lowest BCUT2D eigenvalue weighted by atomic mass is 10.2. The summed E-state index contributed by atoms with van der Waals surface area (Å²) in [6, 6.07) is 0.199. The minimum atomic E-state index is -0.825. The number of nitrogens with zero attached hydrogens (tertiary/aromatic N) is 1. The zero-order valence-electron chi connectivity index (χ0n) is 11.8. The van der Waals surface area contributed by atoms with Crippen LogP contribution >= 0.6 is 11.3 Å². The van der Waals surface area contributed by atoms with Crippen LogP contribution in [0.4, 0.5) is 5.13 Å². The third-order valence-corrected chi connectivity index (χ3v) is 3.64. The van der Waals surface area contributed by atoms with Crippen molar-refractivity contribution in [2.75, 3.05) is 11.9 Å². The molecular weight excluding hydrogens is 278 g/mol. The van der Waals surface area contributed by atoms with Gasteiger partial charge in [0, 0.05) is 30.8 Å². The molecule has 3 N–H and O–H groups in total. The van der Waals surface area contributed by atoms with Gasteiger partial charge in [-0.25, -0.2) is 4.98 Å². The molecule has 20 heavy (non-hydrogen) atoms. The van der Waals surface area contributed by atoms with E-state index in [0.717, 1.165) is 17.2 Å². The van der Waals surface area contributed by atoms with Crippen LogP contribution in [0.2, 0.25) is 0 Å². The molecule has 1 amide bonds. The number of hydrogen-bond donors (Lipinski definition) is 3. The fourth-order valence-corrected chi connectivity index (χ4v) is 2.24. The molecule has 1 atom stereocenters. The Morgan fingerprint density at radius 1 is 1.45 bits per heavy atom. The van der Waals surface area contributed by atoms with Crippen molar-refractivity contribution in [1.29, 1.82) is 0 Å². The molecular formula is C13H21N3O3S. The molecule has 0 aliphatic rings. The molecule has 7 heteroatoms. The second kappa shape index (κ2) is 8.52. The van der Waals surface area contributed by atoms with Crippen molar-refractivity contribution in [3.05, 3.63) is 11.1 Å². The Labute approximate surface area is 122 Å². The van der Waals surface area contributed by atoms with Gasteiger partial charge in [-0.3, -0.25) is 9.59 Å². The lowest BCUT2D eigenvalue weighted by Gasteiger charge is -2.11. The number of carboxylic acids is 1. The number of aryl methyl sites for hydroxylation is 1. The third-order valence-electron chi connectivity index (χ3n) is 2.79. The first-order chi connectivity index (χ1) is 9.51. The van der Waals surface area contributed by atoms with Gasteiger partial charge in [0.15, 0.2) is 5.13 Å². The van der Waals surface area contributed by atoms with Crippen LogP contribution in [-0.4, -0.2) is 34.6 Å². The van der Waals surface area contributed by atoms with Crippen LogP contribution in [0, 0.1) is 0 Å². The summed E-state index contributed by atoms with van der Waals surface area (Å²) >= 11 is 1.42. The standard InChI is InChI=1S/C13H21N3O3S/c1-3-9(2)15-11(17)6-7-14-13-16-10(8-20-13)4-5-12(18)19/h8-9H,3-7H2,1-2H3,(H,14,16)(H,15,17)(H,18,19). The molecule has 0 fully saturated rings. The number of hydrogen-bond acceptors (Lipinski definition) is 5. The van der Waals surface area contributed by atoms with Gasteiger partial charge < -0.3 is 15.7 Å². The highest BCUT2D eigenvalue weighted by Crippen LogP contribution is 2.16. The molecule has 0 spiro atoms. The van der Waals surface area contributed by atoms with E-state index in [1.807, 2.05) is 19.2 Å². The minimum absolute atomic E-state index is 0.0227. The minimum Gasteiger partial charge on any atom is -0.481 e. The van der Waals surface area contributed by atoms with Crippen LogP contribution in [0.15, 0.2) is 5.38 Å². The maximum atomic E-state index is 11.6. The maximum absolute atomic E-state index is 11.6. The smallest absolute Gasteiger partial charge is 0.303 e. The van der Waals surface area contributed by atoms with E-state index in [1.54, 1.807) is 0 Å². The zero-order chi connectivity index (χ0) is 15.0. The van der Waals surface area contributed by atoms with E-state index >= 15 is 0 Å². The van der Waals surface area contributed by atoms with Gasteiger partial charge in [0.1, 0.15) is 0 Å². The van der Waals surface area contributed by atoms with Crippen molar-refractivity contribution in [3.63, 3.8) is 0 Å². The quantitative estimate of drug-likeness (QED) is 0.647. The summed E-state index contributed by atoms with van der Waals surface area (Å²) in [4.78, 5) is 26.3. The number of rotatable bonds is 9. The van der Waals surface area contributed by atoms with Crippen molar-refractivity contribution in [2.24, 2.45) is 0 Å². The average molecular weight is 299 g/mol. The van der Waals surface area contributed by atoms with Crippen molar-refractivity contribution in [3.8, 4) is 0 Å². The molecule has 0 radical (unpaired) electrons. The fourth-order valence-electron chi connectivity index (χ4n) is 1.47. The molecule has 0 aliphatic carbocycles. The van der Waals surface area contributed by atoms with Crippen molar-refractivity contribution >= 4 is 28.3 Å². The highest BCUT2D eigenvalue weighted by Gasteiger charge is 2.07. The van der Waals surface area contributed by atoms with Gasteiger partial charge in [0.05, 0.1) is 12.1 Å². The zero-order valence-corrected chi connectivity index (χ0v) is 12.6. The predicted octanol–water partition coefficient (Wildman–Crippen LogP) is 1.88. The number of thiazole rings is 1. The highest BCUT2D eigenvalue weighted by atomic mass is 32.1. The van der Waals surface area contributed by atoms with Crippen LogP contribution < -0.4 is 10.6 Å². The Hall–Kier alpha value is -1.63. The topological polar surface area (TPSA) is 91.3 Å². The summed E-state index contributed by atoms with van der Waals surface area (Å²) in [6.07, 6.45) is 1.83. The van der Waals surface area contributed by atoms with Crippen LogP contribution in [-0.2, 0) is 16.0 Å². The number of amides is 1. The summed E-state index contributed by atoms with van der Waals surface area (Å²) in [7, 11) is 0. The van der Waals surface area contributed by atoms with E-state index in [9.17, 15) is 9.59 Å². The summed E-state index contributed by atoms with van der Waals surface area (Å²) in [5, 5.41) is 17.1.